The van der Waals surface area contributed by atoms with E-state index in [2.05, 4.69) is 5.32 Å². The lowest BCUT2D eigenvalue weighted by atomic mass is 9.80. The predicted octanol–water partition coefficient (Wildman–Crippen LogP) is 2.83. The molecule has 1 N–H and O–H groups in total. The third kappa shape index (κ3) is 2.71. The van der Waals surface area contributed by atoms with Gasteiger partial charge in [-0.25, -0.2) is 0 Å². The number of furan rings is 1. The van der Waals surface area contributed by atoms with Gasteiger partial charge in [0.25, 0.3) is 0 Å². The minimum Gasteiger partial charge on any atom is -0.465 e. The Morgan fingerprint density at radius 3 is 2.91 bits per heavy atom. The summed E-state index contributed by atoms with van der Waals surface area (Å²) >= 11 is 0. The molecule has 1 fully saturated rings. The minimum absolute atomic E-state index is 0.165. The van der Waals surface area contributed by atoms with Crippen LogP contribution < -0.4 is 5.32 Å². The molecule has 1 amide bonds. The van der Waals surface area contributed by atoms with Crippen molar-refractivity contribution >= 4 is 22.8 Å². The molecule has 0 aliphatic carbocycles. The second kappa shape index (κ2) is 6.07. The van der Waals surface area contributed by atoms with Crippen molar-refractivity contribution in [3.63, 3.8) is 0 Å². The van der Waals surface area contributed by atoms with Crippen molar-refractivity contribution < 1.29 is 18.7 Å². The molecule has 2 atom stereocenters. The van der Waals surface area contributed by atoms with Crippen LogP contribution in [0, 0.1) is 19.8 Å². The van der Waals surface area contributed by atoms with Crippen molar-refractivity contribution in [1.29, 1.82) is 0 Å². The fraction of sp³-hybridized carbons (Fsp3) is 0.444. The van der Waals surface area contributed by atoms with Gasteiger partial charge in [-0.3, -0.25) is 9.59 Å². The molecule has 0 radical (unpaired) electrons. The fourth-order valence-corrected chi connectivity index (χ4v) is 3.26. The first-order chi connectivity index (χ1) is 11.0. The number of amides is 1. The van der Waals surface area contributed by atoms with Gasteiger partial charge in [0.1, 0.15) is 17.3 Å². The molecule has 0 spiro atoms. The Morgan fingerprint density at radius 1 is 1.39 bits per heavy atom. The molecule has 1 aromatic carbocycles. The van der Waals surface area contributed by atoms with Gasteiger partial charge in [0.05, 0.1) is 6.61 Å². The molecule has 0 bridgehead atoms. The number of aryl methyl sites for hydroxylation is 2. The van der Waals surface area contributed by atoms with Crippen LogP contribution in [0.1, 0.15) is 36.1 Å². The quantitative estimate of drug-likeness (QED) is 0.698. The van der Waals surface area contributed by atoms with E-state index in [1.807, 2.05) is 32.0 Å². The Hall–Kier alpha value is -2.30. The van der Waals surface area contributed by atoms with Crippen molar-refractivity contribution in [2.45, 2.75) is 33.1 Å². The van der Waals surface area contributed by atoms with Crippen molar-refractivity contribution in [3.05, 3.63) is 35.1 Å². The summed E-state index contributed by atoms with van der Waals surface area (Å²) in [6.45, 7) is 6.54. The normalized spacial score (nSPS) is 21.3. The van der Waals surface area contributed by atoms with Gasteiger partial charge in [-0.2, -0.15) is 0 Å². The van der Waals surface area contributed by atoms with Gasteiger partial charge >= 0.3 is 5.97 Å². The van der Waals surface area contributed by atoms with Crippen molar-refractivity contribution in [2.75, 3.05) is 13.2 Å². The van der Waals surface area contributed by atoms with Gasteiger partial charge < -0.3 is 14.5 Å². The number of fused-ring (bicyclic) bond motifs is 1. The summed E-state index contributed by atoms with van der Waals surface area (Å²) in [4.78, 5) is 24.4. The summed E-state index contributed by atoms with van der Waals surface area (Å²) in [6.07, 6.45) is 0.719. The summed E-state index contributed by atoms with van der Waals surface area (Å²) in [6, 6.07) is 5.90. The van der Waals surface area contributed by atoms with Crippen LogP contribution in [0.3, 0.4) is 0 Å². The Balaban J connectivity index is 2.01. The maximum absolute atomic E-state index is 12.2. The molecule has 2 aromatic rings. The van der Waals surface area contributed by atoms with E-state index in [-0.39, 0.29) is 18.4 Å². The lowest BCUT2D eigenvalue weighted by molar-refractivity contribution is -0.154. The van der Waals surface area contributed by atoms with Crippen molar-refractivity contribution in [3.8, 4) is 0 Å². The second-order valence-corrected chi connectivity index (χ2v) is 5.95. The first-order valence-electron chi connectivity index (χ1n) is 7.97. The number of benzene rings is 1. The molecule has 23 heavy (non-hydrogen) atoms. The first kappa shape index (κ1) is 15.6. The lowest BCUT2D eigenvalue weighted by Crippen LogP contribution is -2.45. The summed E-state index contributed by atoms with van der Waals surface area (Å²) in [5, 5.41) is 3.80. The SMILES string of the molecule is CCOC(=O)C1C(=O)NCCC1c1ccc2oc(C)c(C)c2c1. The largest absolute Gasteiger partial charge is 0.465 e. The van der Waals surface area contributed by atoms with E-state index in [1.54, 1.807) is 6.92 Å². The summed E-state index contributed by atoms with van der Waals surface area (Å²) in [7, 11) is 0. The Labute approximate surface area is 135 Å². The number of nitrogens with one attached hydrogen (secondary N) is 1. The van der Waals surface area contributed by atoms with E-state index >= 15 is 0 Å². The Morgan fingerprint density at radius 2 is 2.17 bits per heavy atom. The zero-order chi connectivity index (χ0) is 16.6. The maximum Gasteiger partial charge on any atom is 0.319 e. The molecule has 1 aromatic heterocycles. The topological polar surface area (TPSA) is 68.5 Å². The molecule has 0 saturated carbocycles. The van der Waals surface area contributed by atoms with Crippen LogP contribution in [-0.2, 0) is 14.3 Å². The van der Waals surface area contributed by atoms with Crippen molar-refractivity contribution in [2.24, 2.45) is 5.92 Å². The van der Waals surface area contributed by atoms with Crippen LogP contribution in [-0.4, -0.2) is 25.0 Å². The van der Waals surface area contributed by atoms with Crippen LogP contribution in [0.25, 0.3) is 11.0 Å². The second-order valence-electron chi connectivity index (χ2n) is 5.95. The zero-order valence-corrected chi connectivity index (χ0v) is 13.6. The van der Waals surface area contributed by atoms with Crippen LogP contribution in [0.4, 0.5) is 0 Å². The average molecular weight is 315 g/mol. The van der Waals surface area contributed by atoms with Gasteiger partial charge in [-0.15, -0.1) is 0 Å². The fourth-order valence-electron chi connectivity index (χ4n) is 3.26. The summed E-state index contributed by atoms with van der Waals surface area (Å²) < 4.78 is 10.8. The molecule has 1 saturated heterocycles. The molecular weight excluding hydrogens is 294 g/mol. The highest BCUT2D eigenvalue weighted by molar-refractivity contribution is 5.99. The van der Waals surface area contributed by atoms with Gasteiger partial charge in [0, 0.05) is 17.8 Å². The van der Waals surface area contributed by atoms with Crippen LogP contribution in [0.5, 0.6) is 0 Å². The number of hydrogen-bond donors (Lipinski definition) is 1. The van der Waals surface area contributed by atoms with Crippen LogP contribution >= 0.6 is 0 Å². The van der Waals surface area contributed by atoms with E-state index in [0.717, 1.165) is 34.3 Å². The summed E-state index contributed by atoms with van der Waals surface area (Å²) in [5.41, 5.74) is 2.90. The van der Waals surface area contributed by atoms with Crippen LogP contribution in [0.2, 0.25) is 0 Å². The zero-order valence-electron chi connectivity index (χ0n) is 13.6. The van der Waals surface area contributed by atoms with Gasteiger partial charge in [0.15, 0.2) is 0 Å². The Bertz CT molecular complexity index is 762. The Kier molecular flexibility index (Phi) is 4.11. The van der Waals surface area contributed by atoms with E-state index in [9.17, 15) is 9.59 Å². The third-order valence-electron chi connectivity index (χ3n) is 4.61. The standard InChI is InChI=1S/C18H21NO4/c1-4-22-18(21)16-13(7-8-19-17(16)20)12-5-6-15-14(9-12)10(2)11(3)23-15/h5-6,9,13,16H,4,7-8H2,1-3H3,(H,19,20). The monoisotopic (exact) mass is 315 g/mol. The lowest BCUT2D eigenvalue weighted by Gasteiger charge is -2.29. The third-order valence-corrected chi connectivity index (χ3v) is 4.61. The number of piperidine rings is 1. The van der Waals surface area contributed by atoms with E-state index in [4.69, 9.17) is 9.15 Å². The number of ether oxygens (including phenoxy) is 1. The molecule has 1 aliphatic heterocycles. The van der Waals surface area contributed by atoms with Crippen molar-refractivity contribution in [1.82, 2.24) is 5.32 Å². The molecule has 122 valence electrons. The minimum atomic E-state index is -0.783. The highest BCUT2D eigenvalue weighted by Gasteiger charge is 2.39. The molecule has 5 nitrogen and oxygen atoms in total. The maximum atomic E-state index is 12.2. The molecule has 2 unspecified atom stereocenters. The first-order valence-corrected chi connectivity index (χ1v) is 7.97. The predicted molar refractivity (Wildman–Crippen MR) is 86.2 cm³/mol. The van der Waals surface area contributed by atoms with Gasteiger partial charge in [0.2, 0.25) is 5.91 Å². The molecule has 1 aliphatic rings. The molecule has 2 heterocycles. The number of rotatable bonds is 3. The smallest absolute Gasteiger partial charge is 0.319 e. The van der Waals surface area contributed by atoms with E-state index in [0.29, 0.717) is 6.54 Å². The van der Waals surface area contributed by atoms with Gasteiger partial charge in [-0.1, -0.05) is 6.07 Å². The highest BCUT2D eigenvalue weighted by Crippen LogP contribution is 2.35. The average Bonchev–Trinajstić information content (AvgIpc) is 2.81. The van der Waals surface area contributed by atoms with E-state index in [1.165, 1.54) is 0 Å². The number of carbonyl (C=O) groups excluding carboxylic acids is 2. The molecular formula is C18H21NO4. The van der Waals surface area contributed by atoms with E-state index < -0.39 is 11.9 Å². The van der Waals surface area contributed by atoms with Crippen LogP contribution in [0.15, 0.2) is 22.6 Å². The van der Waals surface area contributed by atoms with Gasteiger partial charge in [-0.05, 0) is 50.5 Å². The highest BCUT2D eigenvalue weighted by atomic mass is 16.5. The summed E-state index contributed by atoms with van der Waals surface area (Å²) in [5.74, 6) is -0.758. The number of hydrogen-bond acceptors (Lipinski definition) is 4. The number of esters is 1. The number of carbonyl (C=O) groups is 2. The molecule has 5 heteroatoms. The molecule has 3 rings (SSSR count).